The van der Waals surface area contributed by atoms with Crippen LogP contribution in [0.1, 0.15) is 33.1 Å². The van der Waals surface area contributed by atoms with Crippen LogP contribution in [0.25, 0.3) is 0 Å². The summed E-state index contributed by atoms with van der Waals surface area (Å²) in [5.41, 5.74) is 0. The maximum atomic E-state index is 10.6. The highest BCUT2D eigenvalue weighted by molar-refractivity contribution is 5.71. The van der Waals surface area contributed by atoms with Gasteiger partial charge < -0.3 is 10.2 Å². The largest absolute Gasteiger partial charge is 0.481 e. The van der Waals surface area contributed by atoms with Gasteiger partial charge in [0.05, 0.1) is 11.8 Å². The van der Waals surface area contributed by atoms with E-state index >= 15 is 0 Å². The summed E-state index contributed by atoms with van der Waals surface area (Å²) in [6.45, 7) is 3.39. The van der Waals surface area contributed by atoms with E-state index < -0.39 is 23.8 Å². The second-order valence-corrected chi connectivity index (χ2v) is 3.26. The Labute approximate surface area is 77.6 Å². The highest BCUT2D eigenvalue weighted by Gasteiger charge is 2.18. The molecule has 13 heavy (non-hydrogen) atoms. The summed E-state index contributed by atoms with van der Waals surface area (Å²) >= 11 is 0. The molecular formula is C9H16O4. The minimum absolute atomic E-state index is 0.401. The number of carboxylic acid groups (broad SMARTS) is 2. The van der Waals surface area contributed by atoms with E-state index in [4.69, 9.17) is 10.2 Å². The highest BCUT2D eigenvalue weighted by atomic mass is 16.4. The minimum atomic E-state index is -0.861. The van der Waals surface area contributed by atoms with Crippen LogP contribution in [-0.2, 0) is 9.59 Å². The lowest BCUT2D eigenvalue weighted by atomic mass is 9.95. The Balaban J connectivity index is 3.85. The molecule has 2 atom stereocenters. The summed E-state index contributed by atoms with van der Waals surface area (Å²) in [6, 6.07) is 0. The lowest BCUT2D eigenvalue weighted by Gasteiger charge is -2.11. The normalized spacial score (nSPS) is 14.9. The zero-order valence-electron chi connectivity index (χ0n) is 7.99. The van der Waals surface area contributed by atoms with E-state index in [0.29, 0.717) is 19.3 Å². The first kappa shape index (κ1) is 11.9. The number of hydrogen-bond donors (Lipinski definition) is 2. The third-order valence-corrected chi connectivity index (χ3v) is 2.21. The Bertz CT molecular complexity index is 188. The lowest BCUT2D eigenvalue weighted by molar-refractivity contribution is -0.144. The van der Waals surface area contributed by atoms with Gasteiger partial charge in [0.15, 0.2) is 0 Å². The quantitative estimate of drug-likeness (QED) is 0.663. The molecule has 0 spiro atoms. The molecule has 0 aliphatic rings. The molecule has 0 rings (SSSR count). The topological polar surface area (TPSA) is 74.6 Å². The highest BCUT2D eigenvalue weighted by Crippen LogP contribution is 2.15. The first-order chi connectivity index (χ1) is 5.99. The van der Waals surface area contributed by atoms with Crippen LogP contribution >= 0.6 is 0 Å². The van der Waals surface area contributed by atoms with Gasteiger partial charge in [0, 0.05) is 0 Å². The molecule has 0 saturated carbocycles. The Morgan fingerprint density at radius 2 is 1.69 bits per heavy atom. The number of carboxylic acids is 2. The fourth-order valence-corrected chi connectivity index (χ4v) is 1.08. The van der Waals surface area contributed by atoms with E-state index in [1.165, 1.54) is 0 Å². The van der Waals surface area contributed by atoms with Crippen molar-refractivity contribution in [2.24, 2.45) is 11.8 Å². The van der Waals surface area contributed by atoms with Crippen LogP contribution in [0.3, 0.4) is 0 Å². The second-order valence-electron chi connectivity index (χ2n) is 3.26. The Morgan fingerprint density at radius 3 is 2.00 bits per heavy atom. The molecule has 4 heteroatoms. The van der Waals surface area contributed by atoms with Gasteiger partial charge in [0.2, 0.25) is 0 Å². The van der Waals surface area contributed by atoms with Crippen molar-refractivity contribution in [3.63, 3.8) is 0 Å². The number of hydrogen-bond acceptors (Lipinski definition) is 2. The second kappa shape index (κ2) is 5.56. The molecule has 0 aliphatic heterocycles. The molecule has 0 saturated heterocycles. The van der Waals surface area contributed by atoms with Gasteiger partial charge in [-0.2, -0.15) is 0 Å². The maximum absolute atomic E-state index is 10.6. The molecule has 0 amide bonds. The Kier molecular flexibility index (Phi) is 5.11. The monoisotopic (exact) mass is 188 g/mol. The molecule has 4 nitrogen and oxygen atoms in total. The first-order valence-electron chi connectivity index (χ1n) is 4.44. The molecule has 0 bridgehead atoms. The van der Waals surface area contributed by atoms with Crippen molar-refractivity contribution in [1.29, 1.82) is 0 Å². The van der Waals surface area contributed by atoms with Gasteiger partial charge in [-0.15, -0.1) is 0 Å². The molecule has 0 aromatic carbocycles. The van der Waals surface area contributed by atoms with Crippen LogP contribution in [-0.4, -0.2) is 22.2 Å². The van der Waals surface area contributed by atoms with E-state index in [1.807, 2.05) is 0 Å². The average Bonchev–Trinajstić information content (AvgIpc) is 2.04. The van der Waals surface area contributed by atoms with Crippen molar-refractivity contribution >= 4 is 11.9 Å². The van der Waals surface area contributed by atoms with Crippen molar-refractivity contribution in [3.8, 4) is 0 Å². The summed E-state index contributed by atoms with van der Waals surface area (Å²) in [5.74, 6) is -2.55. The van der Waals surface area contributed by atoms with Gasteiger partial charge >= 0.3 is 11.9 Å². The van der Waals surface area contributed by atoms with Crippen molar-refractivity contribution in [2.75, 3.05) is 0 Å². The Morgan fingerprint density at radius 1 is 1.15 bits per heavy atom. The predicted molar refractivity (Wildman–Crippen MR) is 47.5 cm³/mol. The summed E-state index contributed by atoms with van der Waals surface area (Å²) in [6.07, 6.45) is 1.43. The predicted octanol–water partition coefficient (Wildman–Crippen LogP) is 1.60. The van der Waals surface area contributed by atoms with Crippen molar-refractivity contribution < 1.29 is 19.8 Å². The van der Waals surface area contributed by atoms with E-state index in [1.54, 1.807) is 13.8 Å². The molecule has 0 fully saturated rings. The van der Waals surface area contributed by atoms with Gasteiger partial charge in [0.1, 0.15) is 0 Å². The number of rotatable bonds is 6. The summed E-state index contributed by atoms with van der Waals surface area (Å²) < 4.78 is 0. The summed E-state index contributed by atoms with van der Waals surface area (Å²) in [5, 5.41) is 17.2. The first-order valence-corrected chi connectivity index (χ1v) is 4.44. The third-order valence-electron chi connectivity index (χ3n) is 2.21. The third kappa shape index (κ3) is 4.50. The van der Waals surface area contributed by atoms with Crippen LogP contribution < -0.4 is 0 Å². The molecular weight excluding hydrogens is 172 g/mol. The van der Waals surface area contributed by atoms with Crippen LogP contribution in [0.2, 0.25) is 0 Å². The number of aliphatic carboxylic acids is 2. The van der Waals surface area contributed by atoms with Crippen LogP contribution in [0.15, 0.2) is 0 Å². The van der Waals surface area contributed by atoms with E-state index in [2.05, 4.69) is 0 Å². The van der Waals surface area contributed by atoms with Gasteiger partial charge in [-0.3, -0.25) is 9.59 Å². The molecule has 2 N–H and O–H groups in total. The molecule has 0 radical (unpaired) electrons. The molecule has 0 heterocycles. The smallest absolute Gasteiger partial charge is 0.306 e. The minimum Gasteiger partial charge on any atom is -0.481 e. The maximum Gasteiger partial charge on any atom is 0.306 e. The van der Waals surface area contributed by atoms with Gasteiger partial charge in [-0.05, 0) is 19.3 Å². The van der Waals surface area contributed by atoms with E-state index in [0.717, 1.165) is 0 Å². The standard InChI is InChI=1S/C9H16O4/c1-3-7(9(12)13)5-4-6(2)8(10)11/h6-7H,3-5H2,1-2H3,(H,10,11)(H,12,13). The SMILES string of the molecule is CCC(CCC(C)C(=O)O)C(=O)O. The van der Waals surface area contributed by atoms with Crippen LogP contribution in [0, 0.1) is 11.8 Å². The molecule has 2 unspecified atom stereocenters. The van der Waals surface area contributed by atoms with Crippen molar-refractivity contribution in [1.82, 2.24) is 0 Å². The average molecular weight is 188 g/mol. The molecule has 0 aromatic heterocycles. The zero-order chi connectivity index (χ0) is 10.4. The Hall–Kier alpha value is -1.06. The van der Waals surface area contributed by atoms with Gasteiger partial charge in [-0.1, -0.05) is 13.8 Å². The van der Waals surface area contributed by atoms with Crippen LogP contribution in [0.4, 0.5) is 0 Å². The molecule has 76 valence electrons. The summed E-state index contributed by atoms with van der Waals surface area (Å²) in [7, 11) is 0. The molecule has 0 aromatic rings. The van der Waals surface area contributed by atoms with Crippen molar-refractivity contribution in [3.05, 3.63) is 0 Å². The van der Waals surface area contributed by atoms with Crippen molar-refractivity contribution in [2.45, 2.75) is 33.1 Å². The zero-order valence-corrected chi connectivity index (χ0v) is 7.99. The van der Waals surface area contributed by atoms with E-state index in [9.17, 15) is 9.59 Å². The van der Waals surface area contributed by atoms with E-state index in [-0.39, 0.29) is 0 Å². The fraction of sp³-hybridized carbons (Fsp3) is 0.778. The number of carbonyl (C=O) groups is 2. The summed E-state index contributed by atoms with van der Waals surface area (Å²) in [4.78, 5) is 21.0. The van der Waals surface area contributed by atoms with Crippen LogP contribution in [0.5, 0.6) is 0 Å². The molecule has 0 aliphatic carbocycles. The fourth-order valence-electron chi connectivity index (χ4n) is 1.08. The van der Waals surface area contributed by atoms with Gasteiger partial charge in [-0.25, -0.2) is 0 Å². The lowest BCUT2D eigenvalue weighted by Crippen LogP contribution is -2.16. The van der Waals surface area contributed by atoms with Gasteiger partial charge in [0.25, 0.3) is 0 Å².